The number of aliphatic hydroxyl groups is 2. The number of amides is 1. The van der Waals surface area contributed by atoms with E-state index >= 15 is 0 Å². The van der Waals surface area contributed by atoms with Gasteiger partial charge >= 0.3 is 0 Å². The number of hydrogen-bond donors (Lipinski definition) is 3. The van der Waals surface area contributed by atoms with Gasteiger partial charge in [-0.15, -0.1) is 0 Å². The maximum Gasteiger partial charge on any atom is 0.253 e. The van der Waals surface area contributed by atoms with Crippen LogP contribution in [0, 0.1) is 5.41 Å². The summed E-state index contributed by atoms with van der Waals surface area (Å²) in [6, 6.07) is 8.86. The van der Waals surface area contributed by atoms with Gasteiger partial charge in [0, 0.05) is 13.2 Å². The quantitative estimate of drug-likeness (QED) is 0.656. The topological polar surface area (TPSA) is 69.6 Å². The van der Waals surface area contributed by atoms with E-state index in [1.54, 1.807) is 24.3 Å². The molecular weight excluding hydrogens is 242 g/mol. The second kappa shape index (κ2) is 7.26. The zero-order valence-corrected chi connectivity index (χ0v) is 11.6. The molecule has 1 rings (SSSR count). The zero-order valence-electron chi connectivity index (χ0n) is 11.6. The first-order valence-corrected chi connectivity index (χ1v) is 6.58. The number of carbonyl (C=O) groups is 1. The van der Waals surface area contributed by atoms with Gasteiger partial charge in [-0.05, 0) is 23.8 Å². The van der Waals surface area contributed by atoms with Gasteiger partial charge in [0.05, 0.1) is 0 Å². The van der Waals surface area contributed by atoms with E-state index < -0.39 is 6.10 Å². The summed E-state index contributed by atoms with van der Waals surface area (Å²) < 4.78 is 0. The Labute approximate surface area is 114 Å². The first-order chi connectivity index (χ1) is 8.96. The van der Waals surface area contributed by atoms with Gasteiger partial charge in [0.1, 0.15) is 0 Å². The number of benzene rings is 1. The first-order valence-electron chi connectivity index (χ1n) is 6.58. The Bertz CT molecular complexity index is 390. The van der Waals surface area contributed by atoms with E-state index in [9.17, 15) is 9.90 Å². The minimum absolute atomic E-state index is 0.122. The van der Waals surface area contributed by atoms with E-state index in [0.29, 0.717) is 12.1 Å². The van der Waals surface area contributed by atoms with Gasteiger partial charge in [-0.25, -0.2) is 0 Å². The van der Waals surface area contributed by atoms with Gasteiger partial charge in [-0.2, -0.15) is 0 Å². The van der Waals surface area contributed by atoms with E-state index in [-0.39, 0.29) is 17.9 Å². The van der Waals surface area contributed by atoms with Crippen LogP contribution in [-0.4, -0.2) is 29.3 Å². The van der Waals surface area contributed by atoms with Crippen LogP contribution < -0.4 is 5.32 Å². The molecule has 4 heteroatoms. The molecule has 0 fully saturated rings. The molecule has 0 aliphatic rings. The highest BCUT2D eigenvalue weighted by Crippen LogP contribution is 2.20. The number of rotatable bonds is 7. The molecule has 0 spiro atoms. The summed E-state index contributed by atoms with van der Waals surface area (Å²) >= 11 is 0. The SMILES string of the molecule is CC(C)(CO)CCCNC(=O)C(O)c1ccccc1. The van der Waals surface area contributed by atoms with E-state index in [2.05, 4.69) is 5.32 Å². The Morgan fingerprint density at radius 3 is 2.53 bits per heavy atom. The van der Waals surface area contributed by atoms with Crippen molar-refractivity contribution >= 4 is 5.91 Å². The molecule has 1 atom stereocenters. The summed E-state index contributed by atoms with van der Waals surface area (Å²) in [4.78, 5) is 11.7. The summed E-state index contributed by atoms with van der Waals surface area (Å²) in [5.41, 5.74) is 0.471. The van der Waals surface area contributed by atoms with Crippen molar-refractivity contribution in [3.8, 4) is 0 Å². The van der Waals surface area contributed by atoms with Gasteiger partial charge in [-0.3, -0.25) is 4.79 Å². The Morgan fingerprint density at radius 1 is 1.32 bits per heavy atom. The summed E-state index contributed by atoms with van der Waals surface area (Å²) in [6.07, 6.45) is 0.485. The molecule has 1 unspecified atom stereocenters. The molecule has 0 aliphatic carbocycles. The van der Waals surface area contributed by atoms with Crippen molar-refractivity contribution in [1.29, 1.82) is 0 Å². The molecule has 1 amide bonds. The van der Waals surface area contributed by atoms with Crippen LogP contribution in [0.4, 0.5) is 0 Å². The van der Waals surface area contributed by atoms with E-state index in [0.717, 1.165) is 12.8 Å². The molecule has 106 valence electrons. The fraction of sp³-hybridized carbons (Fsp3) is 0.533. The van der Waals surface area contributed by atoms with Gasteiger partial charge in [0.15, 0.2) is 6.10 Å². The van der Waals surface area contributed by atoms with Gasteiger partial charge < -0.3 is 15.5 Å². The van der Waals surface area contributed by atoms with Crippen molar-refractivity contribution in [3.05, 3.63) is 35.9 Å². The molecule has 0 saturated heterocycles. The lowest BCUT2D eigenvalue weighted by molar-refractivity contribution is -0.129. The summed E-state index contributed by atoms with van der Waals surface area (Å²) in [5.74, 6) is -0.381. The van der Waals surface area contributed by atoms with Crippen LogP contribution >= 0.6 is 0 Å². The van der Waals surface area contributed by atoms with Crippen LogP contribution in [0.3, 0.4) is 0 Å². The predicted molar refractivity (Wildman–Crippen MR) is 74.5 cm³/mol. The van der Waals surface area contributed by atoms with Crippen LogP contribution in [0.25, 0.3) is 0 Å². The van der Waals surface area contributed by atoms with Gasteiger partial charge in [0.2, 0.25) is 0 Å². The standard InChI is InChI=1S/C15H23NO3/c1-15(2,11-17)9-6-10-16-14(19)13(18)12-7-4-3-5-8-12/h3-5,7-8,13,17-18H,6,9-11H2,1-2H3,(H,16,19). The van der Waals surface area contributed by atoms with E-state index in [4.69, 9.17) is 5.11 Å². The highest BCUT2D eigenvalue weighted by atomic mass is 16.3. The van der Waals surface area contributed by atoms with Crippen molar-refractivity contribution < 1.29 is 15.0 Å². The highest BCUT2D eigenvalue weighted by molar-refractivity contribution is 5.81. The maximum absolute atomic E-state index is 11.7. The van der Waals surface area contributed by atoms with Gasteiger partial charge in [0.25, 0.3) is 5.91 Å². The number of hydrogen-bond acceptors (Lipinski definition) is 3. The third-order valence-corrected chi connectivity index (χ3v) is 3.12. The normalized spacial score (nSPS) is 13.1. The molecule has 19 heavy (non-hydrogen) atoms. The van der Waals surface area contributed by atoms with Crippen LogP contribution in [-0.2, 0) is 4.79 Å². The van der Waals surface area contributed by atoms with Crippen molar-refractivity contribution in [2.75, 3.05) is 13.2 Å². The van der Waals surface area contributed by atoms with Crippen LogP contribution in [0.1, 0.15) is 38.4 Å². The zero-order chi connectivity index (χ0) is 14.3. The van der Waals surface area contributed by atoms with Crippen LogP contribution in [0.2, 0.25) is 0 Å². The Hall–Kier alpha value is -1.39. The summed E-state index contributed by atoms with van der Waals surface area (Å²) in [6.45, 7) is 4.60. The Morgan fingerprint density at radius 2 is 1.95 bits per heavy atom. The summed E-state index contributed by atoms with van der Waals surface area (Å²) in [5, 5.41) is 21.7. The Kier molecular flexibility index (Phi) is 5.99. The molecule has 0 aromatic heterocycles. The second-order valence-electron chi connectivity index (χ2n) is 5.53. The largest absolute Gasteiger partial charge is 0.396 e. The molecule has 0 aliphatic heterocycles. The molecule has 0 bridgehead atoms. The predicted octanol–water partition coefficient (Wildman–Crippen LogP) is 1.63. The third kappa shape index (κ3) is 5.41. The molecule has 0 saturated carbocycles. The van der Waals surface area contributed by atoms with Crippen molar-refractivity contribution in [3.63, 3.8) is 0 Å². The average Bonchev–Trinajstić information content (AvgIpc) is 2.43. The van der Waals surface area contributed by atoms with Crippen molar-refractivity contribution in [2.45, 2.75) is 32.8 Å². The van der Waals surface area contributed by atoms with Crippen molar-refractivity contribution in [1.82, 2.24) is 5.32 Å². The molecule has 3 N–H and O–H groups in total. The van der Waals surface area contributed by atoms with Crippen molar-refractivity contribution in [2.24, 2.45) is 5.41 Å². The fourth-order valence-corrected chi connectivity index (χ4v) is 1.74. The highest BCUT2D eigenvalue weighted by Gasteiger charge is 2.18. The third-order valence-electron chi connectivity index (χ3n) is 3.12. The maximum atomic E-state index is 11.7. The lowest BCUT2D eigenvalue weighted by atomic mass is 9.89. The van der Waals surface area contributed by atoms with Crippen LogP contribution in [0.15, 0.2) is 30.3 Å². The van der Waals surface area contributed by atoms with Crippen LogP contribution in [0.5, 0.6) is 0 Å². The number of nitrogens with one attached hydrogen (secondary N) is 1. The monoisotopic (exact) mass is 265 g/mol. The summed E-state index contributed by atoms with van der Waals surface area (Å²) in [7, 11) is 0. The van der Waals surface area contributed by atoms with E-state index in [1.807, 2.05) is 19.9 Å². The first kappa shape index (κ1) is 15.7. The molecule has 0 radical (unpaired) electrons. The Balaban J connectivity index is 2.32. The molecular formula is C15H23NO3. The average molecular weight is 265 g/mol. The molecule has 4 nitrogen and oxygen atoms in total. The second-order valence-corrected chi connectivity index (χ2v) is 5.53. The van der Waals surface area contributed by atoms with Gasteiger partial charge in [-0.1, -0.05) is 44.2 Å². The number of aliphatic hydroxyl groups excluding tert-OH is 2. The molecule has 1 aromatic rings. The molecule has 1 aromatic carbocycles. The smallest absolute Gasteiger partial charge is 0.253 e. The van der Waals surface area contributed by atoms with E-state index in [1.165, 1.54) is 0 Å². The fourth-order valence-electron chi connectivity index (χ4n) is 1.74. The minimum atomic E-state index is -1.12. The lowest BCUT2D eigenvalue weighted by Crippen LogP contribution is -2.31. The molecule has 0 heterocycles. The lowest BCUT2D eigenvalue weighted by Gasteiger charge is -2.21. The number of carbonyl (C=O) groups excluding carboxylic acids is 1. The minimum Gasteiger partial charge on any atom is -0.396 e.